The Balaban J connectivity index is 2.03. The highest BCUT2D eigenvalue weighted by atomic mass is 32.2. The van der Waals surface area contributed by atoms with E-state index in [1.54, 1.807) is 0 Å². The van der Waals surface area contributed by atoms with Crippen LogP contribution in [0.3, 0.4) is 0 Å². The van der Waals surface area contributed by atoms with Crippen molar-refractivity contribution in [3.05, 3.63) is 29.8 Å². The normalized spacial score (nSPS) is 12.0. The first-order valence-corrected chi connectivity index (χ1v) is 8.58. The number of nitrogens with one attached hydrogen (secondary N) is 1. The second-order valence-electron chi connectivity index (χ2n) is 4.35. The van der Waals surface area contributed by atoms with Crippen molar-refractivity contribution in [3.63, 3.8) is 0 Å². The molecule has 7 heteroatoms. The zero-order chi connectivity index (χ0) is 15.2. The van der Waals surface area contributed by atoms with Crippen LogP contribution in [0.4, 0.5) is 5.13 Å². The first-order valence-electron chi connectivity index (χ1n) is 6.54. The van der Waals surface area contributed by atoms with E-state index in [0.717, 1.165) is 15.7 Å². The smallest absolute Gasteiger partial charge is 0.267 e. The van der Waals surface area contributed by atoms with E-state index in [0.29, 0.717) is 11.6 Å². The van der Waals surface area contributed by atoms with E-state index in [2.05, 4.69) is 15.5 Å². The topological polar surface area (TPSA) is 64.1 Å². The van der Waals surface area contributed by atoms with Gasteiger partial charge in [0.05, 0.1) is 0 Å². The number of rotatable bonds is 6. The van der Waals surface area contributed by atoms with E-state index >= 15 is 0 Å². The van der Waals surface area contributed by atoms with Gasteiger partial charge in [0.1, 0.15) is 5.75 Å². The summed E-state index contributed by atoms with van der Waals surface area (Å²) < 4.78 is 6.62. The van der Waals surface area contributed by atoms with Crippen molar-refractivity contribution in [2.75, 3.05) is 11.6 Å². The van der Waals surface area contributed by atoms with Gasteiger partial charge < -0.3 is 4.74 Å². The molecule has 5 nitrogen and oxygen atoms in total. The number of aryl methyl sites for hydroxylation is 1. The summed E-state index contributed by atoms with van der Waals surface area (Å²) in [6.45, 7) is 3.87. The molecular weight excluding hydrogens is 306 g/mol. The number of carbonyl (C=O) groups is 1. The molecule has 2 rings (SSSR count). The van der Waals surface area contributed by atoms with E-state index in [4.69, 9.17) is 4.74 Å². The van der Waals surface area contributed by atoms with Crippen LogP contribution in [0.25, 0.3) is 0 Å². The average molecular weight is 323 g/mol. The lowest BCUT2D eigenvalue weighted by Crippen LogP contribution is -2.32. The minimum atomic E-state index is -0.548. The van der Waals surface area contributed by atoms with Crippen LogP contribution in [0.5, 0.6) is 5.75 Å². The standard InChI is InChI=1S/C14H17N3O2S2/c1-4-10(19-11-8-6-5-7-9(11)2)12(18)15-13-16-17-14(20-3)21-13/h5-8,10H,4H2,1-3H3,(H,15,16,18)/t10-/m1/s1. The molecule has 0 unspecified atom stereocenters. The zero-order valence-corrected chi connectivity index (χ0v) is 13.8. The number of hydrogen-bond acceptors (Lipinski definition) is 6. The molecule has 0 saturated heterocycles. The Kier molecular flexibility index (Phi) is 5.58. The minimum absolute atomic E-state index is 0.204. The molecule has 0 aliphatic heterocycles. The van der Waals surface area contributed by atoms with Crippen LogP contribution in [-0.2, 0) is 4.79 Å². The van der Waals surface area contributed by atoms with Crippen molar-refractivity contribution in [1.82, 2.24) is 10.2 Å². The van der Waals surface area contributed by atoms with Gasteiger partial charge in [0.25, 0.3) is 5.91 Å². The Bertz CT molecular complexity index is 616. The highest BCUT2D eigenvalue weighted by molar-refractivity contribution is 8.00. The molecule has 1 N–H and O–H groups in total. The maximum absolute atomic E-state index is 12.3. The minimum Gasteiger partial charge on any atom is -0.480 e. The summed E-state index contributed by atoms with van der Waals surface area (Å²) in [6, 6.07) is 7.65. The summed E-state index contributed by atoms with van der Waals surface area (Å²) in [6.07, 6.45) is 1.95. The number of thioether (sulfide) groups is 1. The van der Waals surface area contributed by atoms with E-state index < -0.39 is 6.10 Å². The number of carbonyl (C=O) groups excluding carboxylic acids is 1. The SMILES string of the molecule is CC[C@@H](Oc1ccccc1C)C(=O)Nc1nnc(SC)s1. The lowest BCUT2D eigenvalue weighted by Gasteiger charge is -2.17. The molecule has 0 spiro atoms. The van der Waals surface area contributed by atoms with Gasteiger partial charge in [-0.15, -0.1) is 10.2 Å². The summed E-state index contributed by atoms with van der Waals surface area (Å²) in [5.74, 6) is 0.520. The van der Waals surface area contributed by atoms with Crippen molar-refractivity contribution >= 4 is 34.1 Å². The van der Waals surface area contributed by atoms with Crippen LogP contribution in [-0.4, -0.2) is 28.5 Å². The first-order chi connectivity index (χ1) is 10.1. The fraction of sp³-hybridized carbons (Fsp3) is 0.357. The summed E-state index contributed by atoms with van der Waals surface area (Å²) in [5.41, 5.74) is 1.00. The Morgan fingerprint density at radius 2 is 2.19 bits per heavy atom. The Morgan fingerprint density at radius 1 is 1.43 bits per heavy atom. The molecule has 2 aromatic rings. The lowest BCUT2D eigenvalue weighted by atomic mass is 10.2. The maximum Gasteiger partial charge on any atom is 0.267 e. The lowest BCUT2D eigenvalue weighted by molar-refractivity contribution is -0.122. The van der Waals surface area contributed by atoms with Crippen LogP contribution in [0.15, 0.2) is 28.6 Å². The Labute approximate surface area is 132 Å². The third kappa shape index (κ3) is 4.18. The van der Waals surface area contributed by atoms with Gasteiger partial charge >= 0.3 is 0 Å². The molecule has 1 amide bonds. The molecule has 0 radical (unpaired) electrons. The van der Waals surface area contributed by atoms with E-state index in [1.807, 2.05) is 44.4 Å². The van der Waals surface area contributed by atoms with Gasteiger partial charge in [-0.25, -0.2) is 0 Å². The quantitative estimate of drug-likeness (QED) is 0.652. The third-order valence-electron chi connectivity index (χ3n) is 2.84. The van der Waals surface area contributed by atoms with Gasteiger partial charge in [-0.3, -0.25) is 10.1 Å². The van der Waals surface area contributed by atoms with Crippen LogP contribution < -0.4 is 10.1 Å². The Hall–Kier alpha value is -1.60. The number of anilines is 1. The summed E-state index contributed by atoms with van der Waals surface area (Å²) in [5, 5.41) is 11.1. The number of ether oxygens (including phenoxy) is 1. The van der Waals surface area contributed by atoms with Gasteiger partial charge in [0.15, 0.2) is 10.4 Å². The monoisotopic (exact) mass is 323 g/mol. The van der Waals surface area contributed by atoms with Crippen LogP contribution in [0.2, 0.25) is 0 Å². The predicted molar refractivity (Wildman–Crippen MR) is 86.2 cm³/mol. The van der Waals surface area contributed by atoms with E-state index in [-0.39, 0.29) is 5.91 Å². The molecule has 1 heterocycles. The van der Waals surface area contributed by atoms with Crippen molar-refractivity contribution in [2.45, 2.75) is 30.7 Å². The molecule has 1 aromatic carbocycles. The summed E-state index contributed by atoms with van der Waals surface area (Å²) in [4.78, 5) is 12.3. The molecule has 0 fully saturated rings. The fourth-order valence-electron chi connectivity index (χ4n) is 1.69. The van der Waals surface area contributed by atoms with Gasteiger partial charge in [-0.2, -0.15) is 0 Å². The second-order valence-corrected chi connectivity index (χ2v) is 6.38. The zero-order valence-electron chi connectivity index (χ0n) is 12.1. The molecule has 1 aromatic heterocycles. The van der Waals surface area contributed by atoms with E-state index in [9.17, 15) is 4.79 Å². The average Bonchev–Trinajstić information content (AvgIpc) is 2.94. The van der Waals surface area contributed by atoms with Crippen molar-refractivity contribution in [3.8, 4) is 5.75 Å². The number of amides is 1. The van der Waals surface area contributed by atoms with Crippen LogP contribution in [0.1, 0.15) is 18.9 Å². The first kappa shape index (κ1) is 15.8. The molecule has 1 atom stereocenters. The molecule has 0 bridgehead atoms. The molecular formula is C14H17N3O2S2. The maximum atomic E-state index is 12.3. The fourth-order valence-corrected chi connectivity index (χ4v) is 2.87. The van der Waals surface area contributed by atoms with Gasteiger partial charge in [0, 0.05) is 0 Å². The number of nitrogens with zero attached hydrogens (tertiary/aromatic N) is 2. The van der Waals surface area contributed by atoms with Gasteiger partial charge in [-0.1, -0.05) is 48.2 Å². The van der Waals surface area contributed by atoms with Gasteiger partial charge in [-0.05, 0) is 31.2 Å². The second kappa shape index (κ2) is 7.42. The summed E-state index contributed by atoms with van der Waals surface area (Å²) >= 11 is 2.85. The van der Waals surface area contributed by atoms with Crippen molar-refractivity contribution in [1.29, 1.82) is 0 Å². The van der Waals surface area contributed by atoms with Crippen LogP contribution >= 0.6 is 23.1 Å². The number of hydrogen-bond donors (Lipinski definition) is 1. The Morgan fingerprint density at radius 3 is 2.81 bits per heavy atom. The van der Waals surface area contributed by atoms with E-state index in [1.165, 1.54) is 23.1 Å². The molecule has 0 aliphatic rings. The predicted octanol–water partition coefficient (Wildman–Crippen LogP) is 3.36. The molecule has 112 valence electrons. The largest absolute Gasteiger partial charge is 0.480 e. The van der Waals surface area contributed by atoms with Crippen LogP contribution in [0, 0.1) is 6.92 Å². The number of para-hydroxylation sites is 1. The molecule has 0 aliphatic carbocycles. The van der Waals surface area contributed by atoms with Crippen molar-refractivity contribution < 1.29 is 9.53 Å². The van der Waals surface area contributed by atoms with Crippen molar-refractivity contribution in [2.24, 2.45) is 0 Å². The number of aromatic nitrogens is 2. The third-order valence-corrected chi connectivity index (χ3v) is 4.65. The molecule has 0 saturated carbocycles. The number of benzene rings is 1. The summed E-state index contributed by atoms with van der Waals surface area (Å²) in [7, 11) is 0. The highest BCUT2D eigenvalue weighted by Gasteiger charge is 2.20. The highest BCUT2D eigenvalue weighted by Crippen LogP contribution is 2.24. The molecule has 21 heavy (non-hydrogen) atoms. The van der Waals surface area contributed by atoms with Gasteiger partial charge in [0.2, 0.25) is 5.13 Å².